The number of sulfonamides is 1. The summed E-state index contributed by atoms with van der Waals surface area (Å²) in [5.74, 6) is -0.868. The summed E-state index contributed by atoms with van der Waals surface area (Å²) < 4.78 is 33.0. The maximum atomic E-state index is 12.1. The maximum absolute atomic E-state index is 12.1. The highest BCUT2D eigenvalue weighted by molar-refractivity contribution is 7.92. The second-order valence-electron chi connectivity index (χ2n) is 4.19. The molecule has 1 heterocycles. The number of ether oxygens (including phenoxy) is 1. The van der Waals surface area contributed by atoms with Crippen molar-refractivity contribution >= 4 is 21.7 Å². The molecule has 0 bridgehead atoms. The van der Waals surface area contributed by atoms with E-state index in [4.69, 9.17) is 9.84 Å². The summed E-state index contributed by atoms with van der Waals surface area (Å²) in [4.78, 5) is 14.2. The predicted molar refractivity (Wildman–Crippen MR) is 73.6 cm³/mol. The first-order valence-electron chi connectivity index (χ1n) is 5.82. The van der Waals surface area contributed by atoms with Crippen molar-refractivity contribution in [3.8, 4) is 5.75 Å². The Balaban J connectivity index is 2.16. The van der Waals surface area contributed by atoms with Crippen molar-refractivity contribution in [3.05, 3.63) is 36.8 Å². The van der Waals surface area contributed by atoms with Crippen molar-refractivity contribution in [3.63, 3.8) is 0 Å². The first-order chi connectivity index (χ1) is 9.87. The monoisotopic (exact) mass is 311 g/mol. The zero-order valence-electron chi connectivity index (χ0n) is 11.1. The highest BCUT2D eigenvalue weighted by Gasteiger charge is 2.17. The minimum Gasteiger partial charge on any atom is -0.482 e. The van der Waals surface area contributed by atoms with Crippen LogP contribution >= 0.6 is 0 Å². The first kappa shape index (κ1) is 14.9. The largest absolute Gasteiger partial charge is 0.482 e. The summed E-state index contributed by atoms with van der Waals surface area (Å²) in [5.41, 5.74) is 0.253. The van der Waals surface area contributed by atoms with E-state index in [1.807, 2.05) is 0 Å². The summed E-state index contributed by atoms with van der Waals surface area (Å²) in [6, 6.07) is 5.99. The van der Waals surface area contributed by atoms with Crippen LogP contribution in [0, 0.1) is 0 Å². The number of aryl methyl sites for hydroxylation is 1. The van der Waals surface area contributed by atoms with Crippen LogP contribution in [0.15, 0.2) is 41.8 Å². The molecule has 0 saturated carbocycles. The van der Waals surface area contributed by atoms with E-state index in [0.29, 0.717) is 0 Å². The molecule has 0 aliphatic heterocycles. The second-order valence-corrected chi connectivity index (χ2v) is 5.82. The van der Waals surface area contributed by atoms with E-state index in [1.54, 1.807) is 13.1 Å². The van der Waals surface area contributed by atoms with Gasteiger partial charge in [0.05, 0.1) is 12.0 Å². The fourth-order valence-corrected chi connectivity index (χ4v) is 2.56. The molecule has 9 heteroatoms. The van der Waals surface area contributed by atoms with Gasteiger partial charge in [-0.25, -0.2) is 9.78 Å². The first-order valence-corrected chi connectivity index (χ1v) is 7.30. The van der Waals surface area contributed by atoms with Gasteiger partial charge < -0.3 is 14.4 Å². The number of aromatic nitrogens is 2. The molecule has 2 N–H and O–H groups in total. The number of carbonyl (C=O) groups is 1. The lowest BCUT2D eigenvalue weighted by molar-refractivity contribution is -0.139. The highest BCUT2D eigenvalue weighted by atomic mass is 32.2. The molecular formula is C12H13N3O5S. The number of nitrogens with one attached hydrogen (secondary N) is 1. The van der Waals surface area contributed by atoms with E-state index in [-0.39, 0.29) is 16.5 Å². The van der Waals surface area contributed by atoms with Crippen molar-refractivity contribution in [2.24, 2.45) is 7.05 Å². The summed E-state index contributed by atoms with van der Waals surface area (Å²) in [6.07, 6.45) is 2.74. The molecule has 0 fully saturated rings. The van der Waals surface area contributed by atoms with Crippen LogP contribution in [0.25, 0.3) is 0 Å². The van der Waals surface area contributed by atoms with Crippen molar-refractivity contribution in [2.45, 2.75) is 5.03 Å². The van der Waals surface area contributed by atoms with E-state index in [1.165, 1.54) is 35.3 Å². The number of nitrogens with zero attached hydrogens (tertiary/aromatic N) is 2. The molecule has 0 aliphatic rings. The molecule has 21 heavy (non-hydrogen) atoms. The van der Waals surface area contributed by atoms with Gasteiger partial charge in [0.25, 0.3) is 10.0 Å². The van der Waals surface area contributed by atoms with Crippen LogP contribution in [-0.4, -0.2) is 35.7 Å². The lowest BCUT2D eigenvalue weighted by atomic mass is 10.3. The van der Waals surface area contributed by atoms with E-state index < -0.39 is 22.6 Å². The number of hydrogen-bond donors (Lipinski definition) is 2. The smallest absolute Gasteiger partial charge is 0.341 e. The average Bonchev–Trinajstić information content (AvgIpc) is 2.84. The van der Waals surface area contributed by atoms with Gasteiger partial charge in [-0.2, -0.15) is 8.42 Å². The standard InChI is InChI=1S/C12H13N3O5S/c1-15-6-11(13-8-15)21(18,19)14-9-3-2-4-10(5-9)20-7-12(16)17/h2-6,8,14H,7H2,1H3,(H,16,17). The summed E-state index contributed by atoms with van der Waals surface area (Å²) in [7, 11) is -2.14. The molecule has 2 rings (SSSR count). The Hall–Kier alpha value is -2.55. The fraction of sp³-hybridized carbons (Fsp3) is 0.167. The normalized spacial score (nSPS) is 11.1. The molecule has 0 spiro atoms. The molecule has 2 aromatic rings. The molecule has 0 radical (unpaired) electrons. The molecule has 1 aromatic heterocycles. The van der Waals surface area contributed by atoms with Gasteiger partial charge in [0.1, 0.15) is 5.75 Å². The summed E-state index contributed by atoms with van der Waals surface area (Å²) in [6.45, 7) is -0.504. The Kier molecular flexibility index (Phi) is 4.13. The third-order valence-corrected chi connectivity index (χ3v) is 3.67. The minimum atomic E-state index is -3.79. The van der Waals surface area contributed by atoms with Crippen LogP contribution < -0.4 is 9.46 Å². The number of rotatable bonds is 6. The van der Waals surface area contributed by atoms with Gasteiger partial charge in [-0.05, 0) is 12.1 Å². The van der Waals surface area contributed by atoms with Crippen LogP contribution in [0.1, 0.15) is 0 Å². The molecule has 0 aliphatic carbocycles. The SMILES string of the molecule is Cn1cnc(S(=O)(=O)Nc2cccc(OCC(=O)O)c2)c1. The van der Waals surface area contributed by atoms with Gasteiger partial charge in [0, 0.05) is 19.3 Å². The summed E-state index contributed by atoms with van der Waals surface area (Å²) >= 11 is 0. The van der Waals surface area contributed by atoms with Gasteiger partial charge in [-0.3, -0.25) is 4.72 Å². The molecular weight excluding hydrogens is 298 g/mol. The number of hydrogen-bond acceptors (Lipinski definition) is 5. The molecule has 1 aromatic carbocycles. The number of imidazole rings is 1. The highest BCUT2D eigenvalue weighted by Crippen LogP contribution is 2.20. The van der Waals surface area contributed by atoms with Crippen molar-refractivity contribution < 1.29 is 23.1 Å². The zero-order valence-corrected chi connectivity index (χ0v) is 11.9. The third kappa shape index (κ3) is 3.96. The Morgan fingerprint density at radius 3 is 2.86 bits per heavy atom. The maximum Gasteiger partial charge on any atom is 0.341 e. The predicted octanol–water partition coefficient (Wildman–Crippen LogP) is 0.684. The molecule has 0 atom stereocenters. The average molecular weight is 311 g/mol. The molecule has 8 nitrogen and oxygen atoms in total. The lowest BCUT2D eigenvalue weighted by Gasteiger charge is -2.08. The lowest BCUT2D eigenvalue weighted by Crippen LogP contribution is -2.14. The Morgan fingerprint density at radius 2 is 2.24 bits per heavy atom. The second kappa shape index (κ2) is 5.83. The number of carboxylic acids is 1. The van der Waals surface area contributed by atoms with Crippen LogP contribution in [0.5, 0.6) is 5.75 Å². The molecule has 112 valence electrons. The van der Waals surface area contributed by atoms with Crippen LogP contribution in [0.3, 0.4) is 0 Å². The Morgan fingerprint density at radius 1 is 1.48 bits per heavy atom. The Bertz CT molecular complexity index is 754. The summed E-state index contributed by atoms with van der Waals surface area (Å²) in [5, 5.41) is 8.43. The van der Waals surface area contributed by atoms with Gasteiger partial charge in [0.2, 0.25) is 0 Å². The number of benzene rings is 1. The van der Waals surface area contributed by atoms with Crippen LogP contribution in [-0.2, 0) is 21.9 Å². The third-order valence-electron chi connectivity index (χ3n) is 2.41. The van der Waals surface area contributed by atoms with E-state index in [0.717, 1.165) is 0 Å². The molecule has 0 saturated heterocycles. The van der Waals surface area contributed by atoms with Gasteiger partial charge in [-0.1, -0.05) is 6.07 Å². The quantitative estimate of drug-likeness (QED) is 0.812. The number of carboxylic acid groups (broad SMARTS) is 1. The van der Waals surface area contributed by atoms with Crippen molar-refractivity contribution in [2.75, 3.05) is 11.3 Å². The number of anilines is 1. The van der Waals surface area contributed by atoms with E-state index >= 15 is 0 Å². The van der Waals surface area contributed by atoms with Crippen LogP contribution in [0.4, 0.5) is 5.69 Å². The van der Waals surface area contributed by atoms with Crippen molar-refractivity contribution in [1.29, 1.82) is 0 Å². The van der Waals surface area contributed by atoms with E-state index in [2.05, 4.69) is 9.71 Å². The number of aliphatic carboxylic acids is 1. The van der Waals surface area contributed by atoms with Gasteiger partial charge >= 0.3 is 5.97 Å². The van der Waals surface area contributed by atoms with Crippen molar-refractivity contribution in [1.82, 2.24) is 9.55 Å². The van der Waals surface area contributed by atoms with Gasteiger partial charge in [0.15, 0.2) is 11.6 Å². The van der Waals surface area contributed by atoms with Crippen LogP contribution in [0.2, 0.25) is 0 Å². The fourth-order valence-electron chi connectivity index (χ4n) is 1.53. The minimum absolute atomic E-state index is 0.109. The molecule has 0 unspecified atom stereocenters. The Labute approximate surface area is 121 Å². The topological polar surface area (TPSA) is 111 Å². The zero-order chi connectivity index (χ0) is 15.5. The van der Waals surface area contributed by atoms with Gasteiger partial charge in [-0.15, -0.1) is 0 Å². The van der Waals surface area contributed by atoms with E-state index in [9.17, 15) is 13.2 Å². The molecule has 0 amide bonds.